The van der Waals surface area contributed by atoms with Crippen molar-refractivity contribution in [3.63, 3.8) is 0 Å². The molecule has 0 spiro atoms. The highest BCUT2D eigenvalue weighted by molar-refractivity contribution is 6.42. The summed E-state index contributed by atoms with van der Waals surface area (Å²) >= 11 is 12.6. The largest absolute Gasteiger partial charge is 0.462 e. The summed E-state index contributed by atoms with van der Waals surface area (Å²) in [4.78, 5) is 16.8. The van der Waals surface area contributed by atoms with Crippen LogP contribution in [0.25, 0.3) is 10.9 Å². The Hall–Kier alpha value is -1.40. The van der Waals surface area contributed by atoms with E-state index in [4.69, 9.17) is 27.9 Å². The van der Waals surface area contributed by atoms with Crippen LogP contribution in [0.4, 0.5) is 0 Å². The lowest BCUT2D eigenvalue weighted by atomic mass is 9.96. The molecule has 1 aliphatic heterocycles. The van der Waals surface area contributed by atoms with Crippen LogP contribution < -0.4 is 10.6 Å². The van der Waals surface area contributed by atoms with Crippen molar-refractivity contribution in [2.75, 3.05) is 19.7 Å². The van der Waals surface area contributed by atoms with Gasteiger partial charge in [-0.3, -0.25) is 0 Å². The molecule has 1 aromatic heterocycles. The average Bonchev–Trinajstić information content (AvgIpc) is 2.62. The van der Waals surface area contributed by atoms with Crippen LogP contribution in [0, 0.1) is 0 Å². The molecule has 27 heavy (non-hydrogen) atoms. The number of nitrogens with zero attached hydrogens (tertiary/aromatic N) is 1. The normalized spacial score (nSPS) is 15.9. The second kappa shape index (κ2) is 8.74. The molecule has 0 aliphatic carbocycles. The molecule has 0 atom stereocenters. The number of esters is 1. The third-order valence-electron chi connectivity index (χ3n) is 4.88. The van der Waals surface area contributed by atoms with Crippen LogP contribution in [0.2, 0.25) is 10.2 Å². The van der Waals surface area contributed by atoms with Crippen molar-refractivity contribution < 1.29 is 9.53 Å². The molecule has 0 amide bonds. The maximum Gasteiger partial charge on any atom is 0.342 e. The van der Waals surface area contributed by atoms with E-state index in [1.807, 2.05) is 18.2 Å². The number of halogens is 2. The Bertz CT molecular complexity index is 820. The molecule has 5 nitrogen and oxygen atoms in total. The topological polar surface area (TPSA) is 63.2 Å². The molecule has 146 valence electrons. The van der Waals surface area contributed by atoms with Gasteiger partial charge in [0, 0.05) is 17.0 Å². The first-order valence-electron chi connectivity index (χ1n) is 9.27. The van der Waals surface area contributed by atoms with E-state index in [0.29, 0.717) is 23.4 Å². The fourth-order valence-corrected chi connectivity index (χ4v) is 4.02. The molecule has 0 radical (unpaired) electrons. The molecule has 3 rings (SSSR count). The molecule has 7 heteroatoms. The van der Waals surface area contributed by atoms with Crippen LogP contribution in [0.3, 0.4) is 0 Å². The van der Waals surface area contributed by atoms with Gasteiger partial charge in [0.1, 0.15) is 10.7 Å². The minimum absolute atomic E-state index is 0.0655. The second-order valence-electron chi connectivity index (χ2n) is 7.55. The van der Waals surface area contributed by atoms with Crippen molar-refractivity contribution >= 4 is 40.1 Å². The fraction of sp³-hybridized carbons (Fsp3) is 0.500. The summed E-state index contributed by atoms with van der Waals surface area (Å²) in [5.74, 6) is -0.541. The first kappa shape index (κ1) is 20.3. The van der Waals surface area contributed by atoms with Gasteiger partial charge in [-0.05, 0) is 52.3 Å². The quantitative estimate of drug-likeness (QED) is 0.552. The lowest BCUT2D eigenvalue weighted by molar-refractivity contribution is 0.0469. The molecule has 1 fully saturated rings. The number of nitrogens with one attached hydrogen (secondary N) is 2. The summed E-state index contributed by atoms with van der Waals surface area (Å²) in [6.07, 6.45) is 2.91. The zero-order valence-electron chi connectivity index (χ0n) is 15.6. The highest BCUT2D eigenvalue weighted by Gasteiger charge is 2.25. The summed E-state index contributed by atoms with van der Waals surface area (Å²) < 4.78 is 5.46. The molecule has 0 saturated carbocycles. The molecule has 2 heterocycles. The Kier molecular flexibility index (Phi) is 6.58. The van der Waals surface area contributed by atoms with E-state index >= 15 is 0 Å². The third-order valence-corrected chi connectivity index (χ3v) is 5.55. The third kappa shape index (κ3) is 5.11. The molecule has 1 saturated heterocycles. The van der Waals surface area contributed by atoms with Gasteiger partial charge in [-0.2, -0.15) is 0 Å². The number of benzene rings is 1. The number of hydrogen-bond donors (Lipinski definition) is 2. The maximum absolute atomic E-state index is 12.5. The summed E-state index contributed by atoms with van der Waals surface area (Å²) in [5.41, 5.74) is 0.648. The summed E-state index contributed by atoms with van der Waals surface area (Å²) in [5, 5.41) is 8.05. The van der Waals surface area contributed by atoms with Crippen LogP contribution in [0.1, 0.15) is 43.5 Å². The standard InChI is InChI=1S/C20H25Cl2N3O2/c1-20(2,25-13-7-10-23-11-8-13)9-12-27-19(26)16-17(21)14-5-3-4-6-15(14)24-18(16)22/h3-6,13,23,25H,7-12H2,1-2H3. The van der Waals surface area contributed by atoms with Crippen molar-refractivity contribution in [3.05, 3.63) is 40.0 Å². The van der Waals surface area contributed by atoms with E-state index in [-0.39, 0.29) is 27.9 Å². The highest BCUT2D eigenvalue weighted by atomic mass is 35.5. The van der Waals surface area contributed by atoms with E-state index in [2.05, 4.69) is 29.5 Å². The second-order valence-corrected chi connectivity index (χ2v) is 8.28. The minimum Gasteiger partial charge on any atom is -0.462 e. The van der Waals surface area contributed by atoms with Gasteiger partial charge in [-0.1, -0.05) is 41.4 Å². The predicted octanol–water partition coefficient (Wildman–Crippen LogP) is 4.21. The molecule has 1 aliphatic rings. The molecule has 2 N–H and O–H groups in total. The number of rotatable bonds is 6. The fourth-order valence-electron chi connectivity index (χ4n) is 3.38. The monoisotopic (exact) mass is 409 g/mol. The van der Waals surface area contributed by atoms with Gasteiger partial charge in [0.05, 0.1) is 17.1 Å². The van der Waals surface area contributed by atoms with Crippen molar-refractivity contribution in [2.45, 2.75) is 44.7 Å². The minimum atomic E-state index is -0.541. The van der Waals surface area contributed by atoms with E-state index in [0.717, 1.165) is 25.9 Å². The Labute approximate surface area is 169 Å². The van der Waals surface area contributed by atoms with Gasteiger partial charge >= 0.3 is 5.97 Å². The zero-order chi connectivity index (χ0) is 19.4. The SMILES string of the molecule is CC(C)(CCOC(=O)c1c(Cl)nc2ccccc2c1Cl)NC1CCNCC1. The van der Waals surface area contributed by atoms with Crippen molar-refractivity contribution in [1.29, 1.82) is 0 Å². The first-order chi connectivity index (χ1) is 12.9. The Balaban J connectivity index is 1.61. The molecular weight excluding hydrogens is 385 g/mol. The molecule has 2 aromatic rings. The van der Waals surface area contributed by atoms with Gasteiger partial charge in [-0.15, -0.1) is 0 Å². The number of fused-ring (bicyclic) bond motifs is 1. The summed E-state index contributed by atoms with van der Waals surface area (Å²) in [6, 6.07) is 7.79. The van der Waals surface area contributed by atoms with Crippen molar-refractivity contribution in [2.24, 2.45) is 0 Å². The van der Waals surface area contributed by atoms with E-state index in [1.165, 1.54) is 0 Å². The van der Waals surface area contributed by atoms with Crippen molar-refractivity contribution in [1.82, 2.24) is 15.6 Å². The van der Waals surface area contributed by atoms with Crippen LogP contribution >= 0.6 is 23.2 Å². The van der Waals surface area contributed by atoms with E-state index in [9.17, 15) is 4.79 Å². The zero-order valence-corrected chi connectivity index (χ0v) is 17.2. The van der Waals surface area contributed by atoms with Gasteiger partial charge in [0.15, 0.2) is 0 Å². The van der Waals surface area contributed by atoms with Crippen LogP contribution in [0.15, 0.2) is 24.3 Å². The Morgan fingerprint density at radius 2 is 2.00 bits per heavy atom. The molecule has 0 unspecified atom stereocenters. The van der Waals surface area contributed by atoms with Crippen LogP contribution in [-0.4, -0.2) is 42.2 Å². The van der Waals surface area contributed by atoms with Gasteiger partial charge < -0.3 is 15.4 Å². The van der Waals surface area contributed by atoms with E-state index < -0.39 is 5.97 Å². The van der Waals surface area contributed by atoms with Gasteiger partial charge in [0.2, 0.25) is 0 Å². The average molecular weight is 410 g/mol. The Morgan fingerprint density at radius 3 is 2.74 bits per heavy atom. The predicted molar refractivity (Wildman–Crippen MR) is 110 cm³/mol. The Morgan fingerprint density at radius 1 is 1.30 bits per heavy atom. The van der Waals surface area contributed by atoms with Gasteiger partial charge in [0.25, 0.3) is 0 Å². The lowest BCUT2D eigenvalue weighted by Gasteiger charge is -2.34. The maximum atomic E-state index is 12.5. The van der Waals surface area contributed by atoms with Crippen LogP contribution in [0.5, 0.6) is 0 Å². The number of ether oxygens (including phenoxy) is 1. The molecular formula is C20H25Cl2N3O2. The highest BCUT2D eigenvalue weighted by Crippen LogP contribution is 2.31. The summed E-state index contributed by atoms with van der Waals surface area (Å²) in [6.45, 7) is 6.60. The number of carbonyl (C=O) groups is 1. The summed E-state index contributed by atoms with van der Waals surface area (Å²) in [7, 11) is 0. The van der Waals surface area contributed by atoms with Crippen molar-refractivity contribution in [3.8, 4) is 0 Å². The number of piperidine rings is 1. The smallest absolute Gasteiger partial charge is 0.342 e. The molecule has 0 bridgehead atoms. The molecule has 1 aromatic carbocycles. The first-order valence-corrected chi connectivity index (χ1v) is 10.0. The number of pyridine rings is 1. The van der Waals surface area contributed by atoms with E-state index in [1.54, 1.807) is 6.07 Å². The number of carbonyl (C=O) groups excluding carboxylic acids is 1. The number of para-hydroxylation sites is 1. The van der Waals surface area contributed by atoms with Gasteiger partial charge in [-0.25, -0.2) is 9.78 Å². The lowest BCUT2D eigenvalue weighted by Crippen LogP contribution is -2.50. The number of hydrogen-bond acceptors (Lipinski definition) is 5. The van der Waals surface area contributed by atoms with Crippen LogP contribution in [-0.2, 0) is 4.74 Å². The number of aromatic nitrogens is 1.